The molecule has 1 unspecified atom stereocenters. The number of esters is 1. The van der Waals surface area contributed by atoms with Crippen LogP contribution in [0.4, 0.5) is 0 Å². The van der Waals surface area contributed by atoms with Crippen molar-refractivity contribution in [3.05, 3.63) is 12.7 Å². The Hall–Kier alpha value is -0.870. The highest BCUT2D eigenvalue weighted by molar-refractivity contribution is 5.81. The van der Waals surface area contributed by atoms with E-state index in [1.165, 1.54) is 0 Å². The summed E-state index contributed by atoms with van der Waals surface area (Å²) in [5.74, 6) is -0.462. The van der Waals surface area contributed by atoms with E-state index in [1.807, 2.05) is 0 Å². The molecule has 0 bridgehead atoms. The van der Waals surface area contributed by atoms with Crippen LogP contribution in [0, 0.1) is 0 Å². The minimum absolute atomic E-state index is 0.192. The Kier molecular flexibility index (Phi) is 6.32. The number of carbonyl (C=O) groups is 1. The monoisotopic (exact) mass is 174 g/mol. The number of carbonyl (C=O) groups excluding carboxylic acids is 1. The summed E-state index contributed by atoms with van der Waals surface area (Å²) < 4.78 is 9.54. The number of aliphatic hydroxyl groups excluding tert-OH is 1. The van der Waals surface area contributed by atoms with E-state index in [9.17, 15) is 4.79 Å². The van der Waals surface area contributed by atoms with Crippen molar-refractivity contribution in [3.63, 3.8) is 0 Å². The summed E-state index contributed by atoms with van der Waals surface area (Å²) in [5.41, 5.74) is 0. The van der Waals surface area contributed by atoms with E-state index >= 15 is 0 Å². The molecule has 0 saturated heterocycles. The highest BCUT2D eigenvalue weighted by Crippen LogP contribution is 1.84. The van der Waals surface area contributed by atoms with E-state index in [0.29, 0.717) is 6.61 Å². The van der Waals surface area contributed by atoms with Crippen LogP contribution < -0.4 is 0 Å². The van der Waals surface area contributed by atoms with Gasteiger partial charge < -0.3 is 14.6 Å². The van der Waals surface area contributed by atoms with Gasteiger partial charge in [0.1, 0.15) is 6.61 Å². The van der Waals surface area contributed by atoms with Gasteiger partial charge in [-0.25, -0.2) is 4.79 Å². The summed E-state index contributed by atoms with van der Waals surface area (Å²) in [6.45, 7) is 5.60. The molecule has 0 fully saturated rings. The zero-order valence-corrected chi connectivity index (χ0v) is 7.16. The van der Waals surface area contributed by atoms with Crippen molar-refractivity contribution in [3.8, 4) is 0 Å². The third kappa shape index (κ3) is 7.24. The molecule has 0 amide bonds. The Morgan fingerprint density at radius 1 is 1.67 bits per heavy atom. The Morgan fingerprint density at radius 2 is 2.33 bits per heavy atom. The molecule has 0 aromatic heterocycles. The Labute approximate surface area is 71.8 Å². The molecule has 0 saturated carbocycles. The van der Waals surface area contributed by atoms with Gasteiger partial charge in [0.2, 0.25) is 0 Å². The van der Waals surface area contributed by atoms with Crippen LogP contribution in [0.25, 0.3) is 0 Å². The SMILES string of the molecule is C=CC(=O)OCCOCC(C)O. The lowest BCUT2D eigenvalue weighted by molar-refractivity contribution is -0.139. The highest BCUT2D eigenvalue weighted by atomic mass is 16.6. The molecule has 70 valence electrons. The minimum atomic E-state index is -0.486. The van der Waals surface area contributed by atoms with Gasteiger partial charge in [-0.2, -0.15) is 0 Å². The molecule has 0 aliphatic heterocycles. The maximum Gasteiger partial charge on any atom is 0.330 e. The predicted molar refractivity (Wildman–Crippen MR) is 43.7 cm³/mol. The van der Waals surface area contributed by atoms with Gasteiger partial charge in [0.15, 0.2) is 0 Å². The molecular formula is C8H14O4. The molecule has 0 spiro atoms. The zero-order valence-electron chi connectivity index (χ0n) is 7.16. The van der Waals surface area contributed by atoms with E-state index in [1.54, 1.807) is 6.92 Å². The van der Waals surface area contributed by atoms with Gasteiger partial charge in [-0.05, 0) is 6.92 Å². The van der Waals surface area contributed by atoms with Crippen LogP contribution in [0.15, 0.2) is 12.7 Å². The first kappa shape index (κ1) is 11.1. The number of aliphatic hydroxyl groups is 1. The first-order chi connectivity index (χ1) is 5.66. The molecule has 0 radical (unpaired) electrons. The Balaban J connectivity index is 3.11. The van der Waals surface area contributed by atoms with Crippen LogP contribution in [-0.2, 0) is 14.3 Å². The molecule has 1 N–H and O–H groups in total. The lowest BCUT2D eigenvalue weighted by atomic mass is 10.4. The standard InChI is InChI=1S/C8H14O4/c1-3-8(10)12-5-4-11-6-7(2)9/h3,7,9H,1,4-6H2,2H3. The molecule has 1 atom stereocenters. The van der Waals surface area contributed by atoms with Crippen molar-refractivity contribution in [2.45, 2.75) is 13.0 Å². The molecule has 0 aliphatic rings. The summed E-state index contributed by atoms with van der Waals surface area (Å²) in [4.78, 5) is 10.5. The topological polar surface area (TPSA) is 55.8 Å². The first-order valence-corrected chi connectivity index (χ1v) is 3.71. The van der Waals surface area contributed by atoms with Gasteiger partial charge in [0.05, 0.1) is 19.3 Å². The van der Waals surface area contributed by atoms with E-state index in [0.717, 1.165) is 6.08 Å². The van der Waals surface area contributed by atoms with Crippen LogP contribution in [0.1, 0.15) is 6.92 Å². The molecule has 0 aromatic rings. The average molecular weight is 174 g/mol. The van der Waals surface area contributed by atoms with Gasteiger partial charge >= 0.3 is 5.97 Å². The van der Waals surface area contributed by atoms with Crippen LogP contribution in [0.5, 0.6) is 0 Å². The smallest absolute Gasteiger partial charge is 0.330 e. The largest absolute Gasteiger partial charge is 0.460 e. The molecular weight excluding hydrogens is 160 g/mol. The zero-order chi connectivity index (χ0) is 9.40. The minimum Gasteiger partial charge on any atom is -0.460 e. The van der Waals surface area contributed by atoms with Gasteiger partial charge in [0.25, 0.3) is 0 Å². The summed E-state index contributed by atoms with van der Waals surface area (Å²) in [6.07, 6.45) is 0.606. The highest BCUT2D eigenvalue weighted by Gasteiger charge is 1.97. The lowest BCUT2D eigenvalue weighted by Gasteiger charge is -2.05. The molecule has 0 heterocycles. The van der Waals surface area contributed by atoms with E-state index in [4.69, 9.17) is 9.84 Å². The van der Waals surface area contributed by atoms with Gasteiger partial charge in [0, 0.05) is 6.08 Å². The summed E-state index contributed by atoms with van der Waals surface area (Å²) in [7, 11) is 0. The van der Waals surface area contributed by atoms with Gasteiger partial charge in [-0.15, -0.1) is 0 Å². The van der Waals surface area contributed by atoms with Gasteiger partial charge in [-0.1, -0.05) is 6.58 Å². The Bertz CT molecular complexity index is 142. The van der Waals surface area contributed by atoms with Crippen molar-refractivity contribution in [1.29, 1.82) is 0 Å². The summed E-state index contributed by atoms with van der Waals surface area (Å²) >= 11 is 0. The molecule has 4 heteroatoms. The quantitative estimate of drug-likeness (QED) is 0.353. The van der Waals surface area contributed by atoms with Crippen molar-refractivity contribution >= 4 is 5.97 Å². The number of hydrogen-bond acceptors (Lipinski definition) is 4. The molecule has 0 aliphatic carbocycles. The predicted octanol–water partition coefficient (Wildman–Crippen LogP) is 0.113. The molecule has 4 nitrogen and oxygen atoms in total. The van der Waals surface area contributed by atoms with Gasteiger partial charge in [-0.3, -0.25) is 0 Å². The van der Waals surface area contributed by atoms with E-state index < -0.39 is 12.1 Å². The average Bonchev–Trinajstić information content (AvgIpc) is 2.03. The number of hydrogen-bond donors (Lipinski definition) is 1. The Morgan fingerprint density at radius 3 is 2.83 bits per heavy atom. The normalized spacial score (nSPS) is 12.2. The maximum atomic E-state index is 10.5. The van der Waals surface area contributed by atoms with Crippen LogP contribution in [0.2, 0.25) is 0 Å². The maximum absolute atomic E-state index is 10.5. The number of ether oxygens (including phenoxy) is 2. The second-order valence-electron chi connectivity index (χ2n) is 2.30. The third-order valence-corrected chi connectivity index (χ3v) is 0.998. The van der Waals surface area contributed by atoms with Crippen molar-refractivity contribution in [2.75, 3.05) is 19.8 Å². The summed E-state index contributed by atoms with van der Waals surface area (Å²) in [5, 5.41) is 8.76. The van der Waals surface area contributed by atoms with E-state index in [2.05, 4.69) is 11.3 Å². The molecule has 0 rings (SSSR count). The van der Waals surface area contributed by atoms with Crippen LogP contribution in [0.3, 0.4) is 0 Å². The second kappa shape index (κ2) is 6.82. The fraction of sp³-hybridized carbons (Fsp3) is 0.625. The van der Waals surface area contributed by atoms with Crippen molar-refractivity contribution in [1.82, 2.24) is 0 Å². The van der Waals surface area contributed by atoms with E-state index in [-0.39, 0.29) is 13.2 Å². The first-order valence-electron chi connectivity index (χ1n) is 3.71. The summed E-state index contributed by atoms with van der Waals surface area (Å²) in [6, 6.07) is 0. The van der Waals surface area contributed by atoms with Crippen molar-refractivity contribution in [2.24, 2.45) is 0 Å². The molecule has 0 aromatic carbocycles. The second-order valence-corrected chi connectivity index (χ2v) is 2.30. The third-order valence-electron chi connectivity index (χ3n) is 0.998. The van der Waals surface area contributed by atoms with Crippen LogP contribution in [-0.4, -0.2) is 37.0 Å². The fourth-order valence-electron chi connectivity index (χ4n) is 0.514. The molecule has 12 heavy (non-hydrogen) atoms. The fourth-order valence-corrected chi connectivity index (χ4v) is 0.514. The lowest BCUT2D eigenvalue weighted by Crippen LogP contribution is -2.14. The van der Waals surface area contributed by atoms with Crippen molar-refractivity contribution < 1.29 is 19.4 Å². The van der Waals surface area contributed by atoms with Crippen LogP contribution >= 0.6 is 0 Å². The number of rotatable bonds is 6.